The van der Waals surface area contributed by atoms with Gasteiger partial charge < -0.3 is 10.6 Å². The predicted molar refractivity (Wildman–Crippen MR) is 76.2 cm³/mol. The second-order valence-electron chi connectivity index (χ2n) is 4.55. The minimum atomic E-state index is 0. The lowest BCUT2D eigenvalue weighted by Crippen LogP contribution is -2.23. The SMILES string of the molecule is Cl.NCC1CCN(c2cnc3ccccc3n2)C1. The Morgan fingerprint density at radius 2 is 2.06 bits per heavy atom. The van der Waals surface area contributed by atoms with Crippen LogP contribution in [0, 0.1) is 5.92 Å². The molecule has 1 aliphatic rings. The number of halogens is 1. The molecule has 0 radical (unpaired) electrons. The van der Waals surface area contributed by atoms with Crippen LogP contribution in [0.4, 0.5) is 5.82 Å². The van der Waals surface area contributed by atoms with Crippen LogP contribution in [-0.4, -0.2) is 29.6 Å². The van der Waals surface area contributed by atoms with Gasteiger partial charge in [-0.05, 0) is 31.0 Å². The number of nitrogens with zero attached hydrogens (tertiary/aromatic N) is 3. The maximum atomic E-state index is 5.70. The molecular weight excluding hydrogens is 248 g/mol. The van der Waals surface area contributed by atoms with Crippen molar-refractivity contribution in [3.05, 3.63) is 30.5 Å². The number of hydrogen-bond acceptors (Lipinski definition) is 4. The third-order valence-electron chi connectivity index (χ3n) is 3.38. The first-order valence-corrected chi connectivity index (χ1v) is 6.03. The Bertz CT molecular complexity index is 531. The molecule has 18 heavy (non-hydrogen) atoms. The molecule has 1 aliphatic heterocycles. The van der Waals surface area contributed by atoms with E-state index in [2.05, 4.69) is 14.9 Å². The fraction of sp³-hybridized carbons (Fsp3) is 0.385. The van der Waals surface area contributed by atoms with Crippen molar-refractivity contribution in [3.63, 3.8) is 0 Å². The van der Waals surface area contributed by atoms with Gasteiger partial charge in [-0.15, -0.1) is 12.4 Å². The highest BCUT2D eigenvalue weighted by atomic mass is 35.5. The molecule has 0 saturated carbocycles. The molecule has 0 amide bonds. The minimum Gasteiger partial charge on any atom is -0.355 e. The Balaban J connectivity index is 0.00000120. The lowest BCUT2D eigenvalue weighted by atomic mass is 10.1. The monoisotopic (exact) mass is 264 g/mol. The van der Waals surface area contributed by atoms with E-state index >= 15 is 0 Å². The molecule has 2 heterocycles. The number of nitrogens with two attached hydrogens (primary N) is 1. The van der Waals surface area contributed by atoms with Gasteiger partial charge >= 0.3 is 0 Å². The molecule has 1 atom stereocenters. The summed E-state index contributed by atoms with van der Waals surface area (Å²) in [5.41, 5.74) is 7.61. The van der Waals surface area contributed by atoms with Crippen LogP contribution in [-0.2, 0) is 0 Å². The molecule has 0 aliphatic carbocycles. The van der Waals surface area contributed by atoms with Gasteiger partial charge in [0.05, 0.1) is 17.2 Å². The summed E-state index contributed by atoms with van der Waals surface area (Å²) in [5, 5.41) is 0. The summed E-state index contributed by atoms with van der Waals surface area (Å²) in [4.78, 5) is 11.4. The predicted octanol–water partition coefficient (Wildman–Crippen LogP) is 1.84. The van der Waals surface area contributed by atoms with Crippen molar-refractivity contribution >= 4 is 29.3 Å². The molecule has 1 aromatic carbocycles. The first kappa shape index (κ1) is 13.1. The van der Waals surface area contributed by atoms with Gasteiger partial charge in [0.2, 0.25) is 0 Å². The van der Waals surface area contributed by atoms with Crippen LogP contribution in [0.2, 0.25) is 0 Å². The van der Waals surface area contributed by atoms with Gasteiger partial charge in [-0.2, -0.15) is 0 Å². The highest BCUT2D eigenvalue weighted by molar-refractivity contribution is 5.85. The largest absolute Gasteiger partial charge is 0.355 e. The van der Waals surface area contributed by atoms with E-state index in [1.807, 2.05) is 30.5 Å². The number of benzene rings is 1. The van der Waals surface area contributed by atoms with E-state index in [4.69, 9.17) is 5.73 Å². The van der Waals surface area contributed by atoms with Crippen LogP contribution >= 0.6 is 12.4 Å². The van der Waals surface area contributed by atoms with E-state index < -0.39 is 0 Å². The number of fused-ring (bicyclic) bond motifs is 1. The number of aromatic nitrogens is 2. The highest BCUT2D eigenvalue weighted by Gasteiger charge is 2.22. The average molecular weight is 265 g/mol. The van der Waals surface area contributed by atoms with Crippen molar-refractivity contribution in [1.29, 1.82) is 0 Å². The molecule has 3 rings (SSSR count). The van der Waals surface area contributed by atoms with Crippen molar-refractivity contribution < 1.29 is 0 Å². The fourth-order valence-electron chi connectivity index (χ4n) is 2.33. The molecule has 2 N–H and O–H groups in total. The number of rotatable bonds is 2. The Morgan fingerprint density at radius 1 is 1.28 bits per heavy atom. The highest BCUT2D eigenvalue weighted by Crippen LogP contribution is 2.22. The van der Waals surface area contributed by atoms with Crippen LogP contribution in [0.25, 0.3) is 11.0 Å². The van der Waals surface area contributed by atoms with Crippen molar-refractivity contribution in [2.45, 2.75) is 6.42 Å². The zero-order valence-electron chi connectivity index (χ0n) is 10.1. The van der Waals surface area contributed by atoms with E-state index in [-0.39, 0.29) is 12.4 Å². The third-order valence-corrected chi connectivity index (χ3v) is 3.38. The van der Waals surface area contributed by atoms with Crippen LogP contribution in [0.1, 0.15) is 6.42 Å². The standard InChI is InChI=1S/C13H16N4.ClH/c14-7-10-5-6-17(9-10)13-8-15-11-3-1-2-4-12(11)16-13;/h1-4,8,10H,5-7,9,14H2;1H. The summed E-state index contributed by atoms with van der Waals surface area (Å²) in [7, 11) is 0. The Morgan fingerprint density at radius 3 is 2.78 bits per heavy atom. The summed E-state index contributed by atoms with van der Waals surface area (Å²) in [6.45, 7) is 2.80. The molecule has 1 fully saturated rings. The summed E-state index contributed by atoms with van der Waals surface area (Å²) in [6, 6.07) is 7.96. The maximum absolute atomic E-state index is 5.70. The first-order chi connectivity index (χ1) is 8.36. The Kier molecular flexibility index (Phi) is 3.99. The molecule has 1 aromatic heterocycles. The topological polar surface area (TPSA) is 55.0 Å². The van der Waals surface area contributed by atoms with Crippen molar-refractivity contribution in [2.24, 2.45) is 11.7 Å². The molecule has 0 spiro atoms. The average Bonchev–Trinajstić information content (AvgIpc) is 2.87. The van der Waals surface area contributed by atoms with Crippen LogP contribution in [0.5, 0.6) is 0 Å². The first-order valence-electron chi connectivity index (χ1n) is 6.03. The molecule has 1 saturated heterocycles. The molecule has 2 aromatic rings. The van der Waals surface area contributed by atoms with Gasteiger partial charge in [0, 0.05) is 13.1 Å². The fourth-order valence-corrected chi connectivity index (χ4v) is 2.33. The Labute approximate surface area is 113 Å². The summed E-state index contributed by atoms with van der Waals surface area (Å²) < 4.78 is 0. The smallest absolute Gasteiger partial charge is 0.147 e. The van der Waals surface area contributed by atoms with Crippen molar-refractivity contribution in [2.75, 3.05) is 24.5 Å². The molecule has 1 unspecified atom stereocenters. The quantitative estimate of drug-likeness (QED) is 0.899. The zero-order valence-corrected chi connectivity index (χ0v) is 10.9. The van der Waals surface area contributed by atoms with E-state index in [9.17, 15) is 0 Å². The lowest BCUT2D eigenvalue weighted by Gasteiger charge is -2.17. The zero-order chi connectivity index (χ0) is 11.7. The molecule has 96 valence electrons. The van der Waals surface area contributed by atoms with Crippen LogP contribution in [0.15, 0.2) is 30.5 Å². The van der Waals surface area contributed by atoms with Gasteiger partial charge in [0.1, 0.15) is 5.82 Å². The number of anilines is 1. The van der Waals surface area contributed by atoms with Gasteiger partial charge in [-0.25, -0.2) is 4.98 Å². The molecule has 4 nitrogen and oxygen atoms in total. The van der Waals surface area contributed by atoms with Gasteiger partial charge in [-0.1, -0.05) is 12.1 Å². The van der Waals surface area contributed by atoms with E-state index in [0.29, 0.717) is 5.92 Å². The Hall–Kier alpha value is -1.39. The van der Waals surface area contributed by atoms with E-state index in [1.165, 1.54) is 0 Å². The number of hydrogen-bond donors (Lipinski definition) is 1. The van der Waals surface area contributed by atoms with Crippen LogP contribution in [0.3, 0.4) is 0 Å². The van der Waals surface area contributed by atoms with Gasteiger partial charge in [0.25, 0.3) is 0 Å². The second-order valence-corrected chi connectivity index (χ2v) is 4.55. The molecule has 0 bridgehead atoms. The minimum absolute atomic E-state index is 0. The van der Waals surface area contributed by atoms with Gasteiger partial charge in [0.15, 0.2) is 0 Å². The second kappa shape index (κ2) is 5.50. The lowest BCUT2D eigenvalue weighted by molar-refractivity contribution is 0.602. The van der Waals surface area contributed by atoms with Crippen molar-refractivity contribution in [1.82, 2.24) is 9.97 Å². The van der Waals surface area contributed by atoms with Gasteiger partial charge in [-0.3, -0.25) is 4.98 Å². The summed E-state index contributed by atoms with van der Waals surface area (Å²) >= 11 is 0. The van der Waals surface area contributed by atoms with Crippen LogP contribution < -0.4 is 10.6 Å². The van der Waals surface area contributed by atoms with E-state index in [1.54, 1.807) is 0 Å². The normalized spacial score (nSPS) is 18.9. The van der Waals surface area contributed by atoms with E-state index in [0.717, 1.165) is 42.9 Å². The summed E-state index contributed by atoms with van der Waals surface area (Å²) in [6.07, 6.45) is 3.02. The number of para-hydroxylation sites is 2. The third kappa shape index (κ3) is 2.40. The van der Waals surface area contributed by atoms with Crippen molar-refractivity contribution in [3.8, 4) is 0 Å². The maximum Gasteiger partial charge on any atom is 0.147 e. The molecular formula is C13H17ClN4. The summed E-state index contributed by atoms with van der Waals surface area (Å²) in [5.74, 6) is 1.57. The molecule has 5 heteroatoms.